The molecule has 1 atom stereocenters. The predicted molar refractivity (Wildman–Crippen MR) is 163 cm³/mol. The summed E-state index contributed by atoms with van der Waals surface area (Å²) < 4.78 is 34.2. The van der Waals surface area contributed by atoms with Gasteiger partial charge in [0.05, 0.1) is 17.7 Å². The molecule has 1 N–H and O–H groups in total. The molecule has 0 bridgehead atoms. The SMILES string of the molecule is CCCNC(=O)[C@@H](CC)N(Cc1cccc(OC)c1)C(=O)CN(c1cc(Cl)cc(Cl)c1)S(=O)(=O)c1ccc(C)cc1. The predicted octanol–water partition coefficient (Wildman–Crippen LogP) is 5.84. The molecule has 0 unspecified atom stereocenters. The first-order chi connectivity index (χ1) is 19.5. The van der Waals surface area contributed by atoms with Gasteiger partial charge in [-0.25, -0.2) is 8.42 Å². The summed E-state index contributed by atoms with van der Waals surface area (Å²) in [6, 6.07) is 17.0. The monoisotopic (exact) mass is 619 g/mol. The van der Waals surface area contributed by atoms with E-state index in [0.717, 1.165) is 21.9 Å². The molecule has 220 valence electrons. The molecular formula is C30H35Cl2N3O5S. The van der Waals surface area contributed by atoms with Crippen molar-refractivity contribution >= 4 is 50.7 Å². The minimum absolute atomic E-state index is 0.000857. The molecule has 3 aromatic carbocycles. The molecule has 0 spiro atoms. The molecule has 8 nitrogen and oxygen atoms in total. The fraction of sp³-hybridized carbons (Fsp3) is 0.333. The second kappa shape index (κ2) is 14.6. The molecule has 0 heterocycles. The first-order valence-electron chi connectivity index (χ1n) is 13.3. The van der Waals surface area contributed by atoms with Crippen molar-refractivity contribution in [1.82, 2.24) is 10.2 Å². The van der Waals surface area contributed by atoms with E-state index in [1.165, 1.54) is 35.2 Å². The lowest BCUT2D eigenvalue weighted by Gasteiger charge is -2.33. The smallest absolute Gasteiger partial charge is 0.264 e. The van der Waals surface area contributed by atoms with Gasteiger partial charge in [-0.2, -0.15) is 0 Å². The first kappa shape index (κ1) is 32.2. The van der Waals surface area contributed by atoms with E-state index in [4.69, 9.17) is 27.9 Å². The number of sulfonamides is 1. The summed E-state index contributed by atoms with van der Waals surface area (Å²) in [5.74, 6) is -0.294. The quantitative estimate of drug-likeness (QED) is 0.259. The van der Waals surface area contributed by atoms with Gasteiger partial charge < -0.3 is 15.0 Å². The maximum absolute atomic E-state index is 14.1. The van der Waals surface area contributed by atoms with E-state index in [-0.39, 0.29) is 33.1 Å². The topological polar surface area (TPSA) is 96.0 Å². The number of carbonyl (C=O) groups excluding carboxylic acids is 2. The molecule has 11 heteroatoms. The van der Waals surface area contributed by atoms with Gasteiger partial charge in [0, 0.05) is 23.1 Å². The maximum atomic E-state index is 14.1. The van der Waals surface area contributed by atoms with E-state index in [9.17, 15) is 18.0 Å². The fourth-order valence-corrected chi connectivity index (χ4v) is 6.21. The summed E-state index contributed by atoms with van der Waals surface area (Å²) in [6.07, 6.45) is 1.04. The van der Waals surface area contributed by atoms with Gasteiger partial charge in [0.1, 0.15) is 18.3 Å². The van der Waals surface area contributed by atoms with Gasteiger partial charge in [0.15, 0.2) is 0 Å². The largest absolute Gasteiger partial charge is 0.497 e. The molecule has 0 radical (unpaired) electrons. The van der Waals surface area contributed by atoms with Gasteiger partial charge in [-0.15, -0.1) is 0 Å². The highest BCUT2D eigenvalue weighted by Gasteiger charge is 2.34. The van der Waals surface area contributed by atoms with Crippen LogP contribution in [0, 0.1) is 6.92 Å². The summed E-state index contributed by atoms with van der Waals surface area (Å²) in [5.41, 5.74) is 1.73. The van der Waals surface area contributed by atoms with E-state index in [2.05, 4.69) is 5.32 Å². The first-order valence-corrected chi connectivity index (χ1v) is 15.4. The van der Waals surface area contributed by atoms with Gasteiger partial charge in [-0.1, -0.05) is 66.9 Å². The van der Waals surface area contributed by atoms with Crippen molar-refractivity contribution in [2.75, 3.05) is 24.5 Å². The van der Waals surface area contributed by atoms with Gasteiger partial charge in [-0.05, 0) is 67.8 Å². The number of nitrogens with one attached hydrogen (secondary N) is 1. The number of anilines is 1. The molecule has 0 fully saturated rings. The second-order valence-electron chi connectivity index (χ2n) is 9.54. The molecular weight excluding hydrogens is 585 g/mol. The highest BCUT2D eigenvalue weighted by molar-refractivity contribution is 7.92. The molecule has 0 aliphatic rings. The molecule has 0 aliphatic carbocycles. The van der Waals surface area contributed by atoms with Crippen LogP contribution in [0.5, 0.6) is 5.75 Å². The second-order valence-corrected chi connectivity index (χ2v) is 12.3. The van der Waals surface area contributed by atoms with Crippen LogP contribution in [0.1, 0.15) is 37.8 Å². The Labute approximate surface area is 252 Å². The Bertz CT molecular complexity index is 1440. The summed E-state index contributed by atoms with van der Waals surface area (Å²) in [7, 11) is -2.69. The molecule has 41 heavy (non-hydrogen) atoms. The third-order valence-corrected chi connectivity index (χ3v) is 8.67. The molecule has 3 aromatic rings. The van der Waals surface area contributed by atoms with Gasteiger partial charge in [0.25, 0.3) is 10.0 Å². The van der Waals surface area contributed by atoms with Crippen LogP contribution in [-0.4, -0.2) is 51.4 Å². The van der Waals surface area contributed by atoms with Crippen LogP contribution >= 0.6 is 23.2 Å². The third kappa shape index (κ3) is 8.38. The zero-order valence-corrected chi connectivity index (χ0v) is 25.9. The summed E-state index contributed by atoms with van der Waals surface area (Å²) in [6.45, 7) is 5.51. The highest BCUT2D eigenvalue weighted by atomic mass is 35.5. The molecule has 0 aromatic heterocycles. The Hall–Kier alpha value is -3.27. The minimum atomic E-state index is -4.24. The number of ether oxygens (including phenoxy) is 1. The number of amides is 2. The zero-order chi connectivity index (χ0) is 30.2. The maximum Gasteiger partial charge on any atom is 0.264 e. The van der Waals surface area contributed by atoms with Crippen LogP contribution in [0.4, 0.5) is 5.69 Å². The molecule has 0 saturated carbocycles. The van der Waals surface area contributed by atoms with Crippen molar-refractivity contribution in [2.24, 2.45) is 0 Å². The van der Waals surface area contributed by atoms with Crippen LogP contribution < -0.4 is 14.4 Å². The van der Waals surface area contributed by atoms with Gasteiger partial charge in [0.2, 0.25) is 11.8 Å². The number of halogens is 2. The normalized spacial score (nSPS) is 12.0. The molecule has 2 amide bonds. The standard InChI is InChI=1S/C30H35Cl2N3O5S/c1-5-14-33-30(37)28(6-2)34(19-22-8-7-9-26(15-22)40-4)29(36)20-35(25-17-23(31)16-24(32)18-25)41(38,39)27-12-10-21(3)11-13-27/h7-13,15-18,28H,5-6,14,19-20H2,1-4H3,(H,33,37)/t28-/m1/s1. The minimum Gasteiger partial charge on any atom is -0.497 e. The van der Waals surface area contributed by atoms with Crippen molar-refractivity contribution < 1.29 is 22.7 Å². The van der Waals surface area contributed by atoms with Crippen LogP contribution in [0.3, 0.4) is 0 Å². The molecule has 0 aliphatic heterocycles. The molecule has 0 saturated heterocycles. The summed E-state index contributed by atoms with van der Waals surface area (Å²) in [4.78, 5) is 28.7. The number of rotatable bonds is 13. The number of hydrogen-bond donors (Lipinski definition) is 1. The van der Waals surface area contributed by atoms with Gasteiger partial charge >= 0.3 is 0 Å². The number of benzene rings is 3. The van der Waals surface area contributed by atoms with E-state index in [1.54, 1.807) is 44.4 Å². The van der Waals surface area contributed by atoms with Crippen molar-refractivity contribution in [1.29, 1.82) is 0 Å². The van der Waals surface area contributed by atoms with Crippen molar-refractivity contribution in [2.45, 2.75) is 51.1 Å². The van der Waals surface area contributed by atoms with Gasteiger partial charge in [-0.3, -0.25) is 13.9 Å². The van der Waals surface area contributed by atoms with Crippen molar-refractivity contribution in [3.8, 4) is 5.75 Å². The van der Waals surface area contributed by atoms with Crippen LogP contribution in [0.15, 0.2) is 71.6 Å². The van der Waals surface area contributed by atoms with Crippen molar-refractivity contribution in [3.05, 3.63) is 87.9 Å². The Kier molecular flexibility index (Phi) is 11.5. The average molecular weight is 621 g/mol. The van der Waals surface area contributed by atoms with Crippen LogP contribution in [0.25, 0.3) is 0 Å². The lowest BCUT2D eigenvalue weighted by Crippen LogP contribution is -2.52. The Morgan fingerprint density at radius 2 is 1.63 bits per heavy atom. The number of nitrogens with zero attached hydrogens (tertiary/aromatic N) is 2. The van der Waals surface area contributed by atoms with E-state index < -0.39 is 28.5 Å². The number of aryl methyl sites for hydroxylation is 1. The number of hydrogen-bond acceptors (Lipinski definition) is 5. The fourth-order valence-electron chi connectivity index (χ4n) is 4.30. The van der Waals surface area contributed by atoms with Crippen LogP contribution in [0.2, 0.25) is 10.0 Å². The van der Waals surface area contributed by atoms with Crippen molar-refractivity contribution in [3.63, 3.8) is 0 Å². The molecule has 3 rings (SSSR count). The Morgan fingerprint density at radius 3 is 2.22 bits per heavy atom. The van der Waals surface area contributed by atoms with E-state index in [1.807, 2.05) is 19.9 Å². The lowest BCUT2D eigenvalue weighted by atomic mass is 10.1. The average Bonchev–Trinajstić information content (AvgIpc) is 2.94. The van der Waals surface area contributed by atoms with E-state index >= 15 is 0 Å². The van der Waals surface area contributed by atoms with E-state index in [0.29, 0.717) is 18.7 Å². The summed E-state index contributed by atoms with van der Waals surface area (Å²) >= 11 is 12.5. The number of carbonyl (C=O) groups is 2. The third-order valence-electron chi connectivity index (χ3n) is 6.45. The lowest BCUT2D eigenvalue weighted by molar-refractivity contribution is -0.140. The number of methoxy groups -OCH3 is 1. The zero-order valence-electron chi connectivity index (χ0n) is 23.6. The highest BCUT2D eigenvalue weighted by Crippen LogP contribution is 2.30. The van der Waals surface area contributed by atoms with Crippen LogP contribution in [-0.2, 0) is 26.2 Å². The summed E-state index contributed by atoms with van der Waals surface area (Å²) in [5, 5.41) is 3.29. The Balaban J connectivity index is 2.09. The Morgan fingerprint density at radius 1 is 0.976 bits per heavy atom.